The summed E-state index contributed by atoms with van der Waals surface area (Å²) in [4.78, 5) is 27.8. The molecule has 0 saturated carbocycles. The highest BCUT2D eigenvalue weighted by Gasteiger charge is 2.27. The lowest BCUT2D eigenvalue weighted by Crippen LogP contribution is -2.49. The van der Waals surface area contributed by atoms with E-state index in [9.17, 15) is 18.0 Å². The molecule has 2 rings (SSSR count). The van der Waals surface area contributed by atoms with Crippen LogP contribution in [0.1, 0.15) is 56.7 Å². The second-order valence-electron chi connectivity index (χ2n) is 9.37. The lowest BCUT2D eigenvalue weighted by atomic mass is 10.1. The summed E-state index contributed by atoms with van der Waals surface area (Å²) in [5.41, 5.74) is 3.26. The number of hydrogen-bond donors (Lipinski definition) is 1. The molecule has 0 radical (unpaired) electrons. The summed E-state index contributed by atoms with van der Waals surface area (Å²) in [6.07, 6.45) is 2.37. The van der Waals surface area contributed by atoms with Crippen LogP contribution in [0, 0.1) is 13.8 Å². The number of nitrogens with one attached hydrogen (secondary N) is 1. The number of benzene rings is 2. The largest absolute Gasteiger partial charge is 0.352 e. The van der Waals surface area contributed by atoms with Gasteiger partial charge in [0.05, 0.1) is 11.9 Å². The van der Waals surface area contributed by atoms with Crippen LogP contribution in [0.4, 0.5) is 5.69 Å². The first-order valence-electron chi connectivity index (χ1n) is 12.2. The molecule has 0 heterocycles. The predicted molar refractivity (Wildman–Crippen MR) is 147 cm³/mol. The first-order valence-corrected chi connectivity index (χ1v) is 14.4. The zero-order chi connectivity index (χ0) is 27.0. The Morgan fingerprint density at radius 3 is 2.28 bits per heavy atom. The number of aryl methyl sites for hydroxylation is 2. The van der Waals surface area contributed by atoms with E-state index in [1.165, 1.54) is 10.6 Å². The molecule has 2 aromatic rings. The third kappa shape index (κ3) is 8.52. The van der Waals surface area contributed by atoms with Gasteiger partial charge in [-0.05, 0) is 75.4 Å². The average molecular weight is 536 g/mol. The quantitative estimate of drug-likeness (QED) is 0.421. The highest BCUT2D eigenvalue weighted by molar-refractivity contribution is 7.92. The molecule has 36 heavy (non-hydrogen) atoms. The molecule has 0 spiro atoms. The van der Waals surface area contributed by atoms with Crippen LogP contribution in [0.25, 0.3) is 0 Å². The molecule has 2 atom stereocenters. The Labute approximate surface area is 220 Å². The van der Waals surface area contributed by atoms with Crippen LogP contribution in [0.15, 0.2) is 42.5 Å². The molecule has 1 N–H and O–H groups in total. The van der Waals surface area contributed by atoms with Gasteiger partial charge in [0.1, 0.15) is 6.04 Å². The van der Waals surface area contributed by atoms with Crippen molar-refractivity contribution in [1.29, 1.82) is 0 Å². The third-order valence-electron chi connectivity index (χ3n) is 6.22. The average Bonchev–Trinajstić information content (AvgIpc) is 2.81. The maximum atomic E-state index is 13.4. The van der Waals surface area contributed by atoms with E-state index in [2.05, 4.69) is 5.32 Å². The molecule has 198 valence electrons. The monoisotopic (exact) mass is 535 g/mol. The van der Waals surface area contributed by atoms with E-state index < -0.39 is 16.1 Å². The maximum Gasteiger partial charge on any atom is 0.242 e. The van der Waals surface area contributed by atoms with Crippen molar-refractivity contribution in [3.8, 4) is 0 Å². The topological polar surface area (TPSA) is 86.8 Å². The van der Waals surface area contributed by atoms with Crippen molar-refractivity contribution in [3.05, 3.63) is 64.2 Å². The van der Waals surface area contributed by atoms with Crippen LogP contribution in [0.3, 0.4) is 0 Å². The molecule has 7 nitrogen and oxygen atoms in total. The lowest BCUT2D eigenvalue weighted by molar-refractivity contribution is -0.140. The normalized spacial score (nSPS) is 13.1. The molecule has 9 heteroatoms. The van der Waals surface area contributed by atoms with E-state index in [1.807, 2.05) is 58.0 Å². The van der Waals surface area contributed by atoms with Gasteiger partial charge in [0, 0.05) is 30.6 Å². The number of anilines is 1. The Kier molecular flexibility index (Phi) is 10.8. The van der Waals surface area contributed by atoms with Crippen molar-refractivity contribution >= 4 is 39.1 Å². The van der Waals surface area contributed by atoms with Crippen LogP contribution in [0.5, 0.6) is 0 Å². The molecule has 2 amide bonds. The van der Waals surface area contributed by atoms with Gasteiger partial charge in [0.15, 0.2) is 0 Å². The molecular formula is C27H38ClN3O4S. The smallest absolute Gasteiger partial charge is 0.242 e. The molecule has 0 saturated heterocycles. The van der Waals surface area contributed by atoms with Gasteiger partial charge >= 0.3 is 0 Å². The minimum Gasteiger partial charge on any atom is -0.352 e. The second kappa shape index (κ2) is 13.1. The molecule has 0 aliphatic heterocycles. The number of amides is 2. The Morgan fingerprint density at radius 2 is 1.69 bits per heavy atom. The van der Waals surface area contributed by atoms with Crippen LogP contribution in [-0.4, -0.2) is 50.0 Å². The Morgan fingerprint density at radius 1 is 1.06 bits per heavy atom. The van der Waals surface area contributed by atoms with Crippen molar-refractivity contribution in [2.75, 3.05) is 17.1 Å². The molecule has 0 bridgehead atoms. The van der Waals surface area contributed by atoms with Gasteiger partial charge in [-0.3, -0.25) is 13.9 Å². The first-order chi connectivity index (χ1) is 16.8. The number of sulfonamides is 1. The third-order valence-corrected chi connectivity index (χ3v) is 7.65. The Hall–Kier alpha value is -2.58. The van der Waals surface area contributed by atoms with Gasteiger partial charge in [0.2, 0.25) is 21.8 Å². The number of carbonyl (C=O) groups excluding carboxylic acids is 2. The van der Waals surface area contributed by atoms with E-state index in [1.54, 1.807) is 24.0 Å². The SMILES string of the molecule is CC[C@H](C)NC(=O)[C@H](C)N(Cc1ccc(Cl)cc1)C(=O)CCCN(c1cc(C)ccc1C)S(C)(=O)=O. The van der Waals surface area contributed by atoms with Gasteiger partial charge in [-0.25, -0.2) is 8.42 Å². The number of rotatable bonds is 12. The standard InChI is InChI=1S/C27H38ClN3O4S/c1-7-21(4)29-27(33)22(5)30(18-23-12-14-24(28)15-13-23)26(32)9-8-16-31(36(6,34)35)25-17-19(2)10-11-20(25)3/h10-15,17,21-22H,7-9,16,18H2,1-6H3,(H,29,33)/t21-,22-/m0/s1. The van der Waals surface area contributed by atoms with E-state index in [0.29, 0.717) is 17.1 Å². The van der Waals surface area contributed by atoms with Crippen molar-refractivity contribution in [3.63, 3.8) is 0 Å². The number of hydrogen-bond acceptors (Lipinski definition) is 4. The molecule has 0 fully saturated rings. The van der Waals surface area contributed by atoms with Gasteiger partial charge in [-0.2, -0.15) is 0 Å². The minimum atomic E-state index is -3.54. The first kappa shape index (κ1) is 29.6. The number of halogens is 1. The summed E-state index contributed by atoms with van der Waals surface area (Å²) < 4.78 is 26.5. The molecule has 0 aliphatic rings. The van der Waals surface area contributed by atoms with Crippen molar-refractivity contribution < 1.29 is 18.0 Å². The second-order valence-corrected chi connectivity index (χ2v) is 11.7. The fraction of sp³-hybridized carbons (Fsp3) is 0.481. The van der Waals surface area contributed by atoms with E-state index in [0.717, 1.165) is 23.1 Å². The number of nitrogens with zero attached hydrogens (tertiary/aromatic N) is 2. The van der Waals surface area contributed by atoms with Gasteiger partial charge in [0.25, 0.3) is 0 Å². The van der Waals surface area contributed by atoms with Crippen LogP contribution < -0.4 is 9.62 Å². The molecule has 0 unspecified atom stereocenters. The zero-order valence-electron chi connectivity index (χ0n) is 22.0. The van der Waals surface area contributed by atoms with Gasteiger partial charge in [-0.1, -0.05) is 42.8 Å². The highest BCUT2D eigenvalue weighted by Crippen LogP contribution is 2.25. The highest BCUT2D eigenvalue weighted by atomic mass is 35.5. The van der Waals surface area contributed by atoms with Crippen molar-refractivity contribution in [1.82, 2.24) is 10.2 Å². The summed E-state index contributed by atoms with van der Waals surface area (Å²) in [7, 11) is -3.54. The predicted octanol–water partition coefficient (Wildman–Crippen LogP) is 4.84. The van der Waals surface area contributed by atoms with Gasteiger partial charge < -0.3 is 10.2 Å². The number of carbonyl (C=O) groups is 2. The molecular weight excluding hydrogens is 498 g/mol. The lowest BCUT2D eigenvalue weighted by Gasteiger charge is -2.30. The summed E-state index contributed by atoms with van der Waals surface area (Å²) in [5, 5.41) is 3.53. The van der Waals surface area contributed by atoms with Crippen LogP contribution in [-0.2, 0) is 26.2 Å². The van der Waals surface area contributed by atoms with E-state index in [4.69, 9.17) is 11.6 Å². The fourth-order valence-corrected chi connectivity index (χ4v) is 4.95. The zero-order valence-corrected chi connectivity index (χ0v) is 23.6. The molecule has 0 aliphatic carbocycles. The molecule has 2 aromatic carbocycles. The van der Waals surface area contributed by atoms with Crippen molar-refractivity contribution in [2.45, 2.75) is 72.5 Å². The fourth-order valence-electron chi connectivity index (χ4n) is 3.81. The molecule has 0 aromatic heterocycles. The van der Waals surface area contributed by atoms with E-state index >= 15 is 0 Å². The Bertz CT molecular complexity index is 1150. The Balaban J connectivity index is 2.20. The summed E-state index contributed by atoms with van der Waals surface area (Å²) in [5.74, 6) is -0.439. The van der Waals surface area contributed by atoms with Crippen LogP contribution in [0.2, 0.25) is 5.02 Å². The van der Waals surface area contributed by atoms with E-state index in [-0.39, 0.29) is 37.4 Å². The summed E-state index contributed by atoms with van der Waals surface area (Å²) in [6, 6.07) is 12.1. The van der Waals surface area contributed by atoms with Crippen molar-refractivity contribution in [2.24, 2.45) is 0 Å². The van der Waals surface area contributed by atoms with Gasteiger partial charge in [-0.15, -0.1) is 0 Å². The maximum absolute atomic E-state index is 13.4. The minimum absolute atomic E-state index is 0.00618. The summed E-state index contributed by atoms with van der Waals surface area (Å²) in [6.45, 7) is 9.80. The summed E-state index contributed by atoms with van der Waals surface area (Å²) >= 11 is 6.00. The van der Waals surface area contributed by atoms with Crippen LogP contribution >= 0.6 is 11.6 Å².